The Labute approximate surface area is 86.4 Å². The van der Waals surface area contributed by atoms with Crippen molar-refractivity contribution in [2.45, 2.75) is 0 Å². The summed E-state index contributed by atoms with van der Waals surface area (Å²) in [6, 6.07) is 0. The molecule has 0 amide bonds. The Hall–Kier alpha value is -2.46. The molecule has 90 valence electrons. The second kappa shape index (κ2) is 5.43. The van der Waals surface area contributed by atoms with E-state index in [1.54, 1.807) is 0 Å². The summed E-state index contributed by atoms with van der Waals surface area (Å²) in [6.45, 7) is 0. The van der Waals surface area contributed by atoms with E-state index in [0.717, 1.165) is 0 Å². The normalized spacial score (nSPS) is 13.4. The largest absolute Gasteiger partial charge is 0.501 e. The molecule has 0 radical (unpaired) electrons. The number of aliphatic hydroxyl groups excluding tert-OH is 4. The van der Waals surface area contributed by atoms with Crippen molar-refractivity contribution in [1.82, 2.24) is 0 Å². The molecular weight excluding hydrogens is 232 g/mol. The van der Waals surface area contributed by atoms with Crippen molar-refractivity contribution < 1.29 is 50.3 Å². The molecule has 0 aromatic rings. The van der Waals surface area contributed by atoms with Crippen LogP contribution in [0.4, 0.5) is 0 Å². The van der Waals surface area contributed by atoms with Crippen molar-refractivity contribution in [3.63, 3.8) is 0 Å². The predicted octanol–water partition coefficient (Wildman–Crippen LogP) is -0.326. The zero-order chi connectivity index (χ0) is 12.9. The molecule has 0 atom stereocenters. The number of hydrogen-bond acceptors (Lipinski definition) is 10. The fourth-order valence-corrected chi connectivity index (χ4v) is 0.504. The van der Waals surface area contributed by atoms with E-state index >= 15 is 0 Å². The van der Waals surface area contributed by atoms with Gasteiger partial charge in [0.1, 0.15) is 0 Å². The first-order chi connectivity index (χ1) is 7.36. The van der Waals surface area contributed by atoms with Gasteiger partial charge in [-0.1, -0.05) is 0 Å². The summed E-state index contributed by atoms with van der Waals surface area (Å²) in [6.07, 6.45) is 0. The Morgan fingerprint density at radius 1 is 0.625 bits per heavy atom. The molecule has 0 aromatic heterocycles. The Bertz CT molecular complexity index is 328. The number of hydrogen-bond donors (Lipinski definition) is 6. The van der Waals surface area contributed by atoms with E-state index in [9.17, 15) is 9.59 Å². The van der Waals surface area contributed by atoms with Crippen molar-refractivity contribution >= 4 is 11.9 Å². The molecule has 0 bridgehead atoms. The Morgan fingerprint density at radius 3 is 1.06 bits per heavy atom. The molecule has 6 N–H and O–H groups in total. The summed E-state index contributed by atoms with van der Waals surface area (Å²) in [5.41, 5.74) is 0. The van der Waals surface area contributed by atoms with Crippen LogP contribution in [0.1, 0.15) is 0 Å². The first kappa shape index (κ1) is 13.5. The molecule has 0 saturated heterocycles. The van der Waals surface area contributed by atoms with Crippen LogP contribution in [0.3, 0.4) is 0 Å². The van der Waals surface area contributed by atoms with Gasteiger partial charge in [0.05, 0.1) is 0 Å². The average molecular weight is 238 g/mol. The summed E-state index contributed by atoms with van der Waals surface area (Å²) in [4.78, 5) is 26.7. The Kier molecular flexibility index (Phi) is 4.59. The molecule has 0 heterocycles. The highest BCUT2D eigenvalue weighted by Gasteiger charge is 2.25. The minimum absolute atomic E-state index is 1.68. The molecule has 0 unspecified atom stereocenters. The minimum atomic E-state index is -1.87. The van der Waals surface area contributed by atoms with Gasteiger partial charge in [0.2, 0.25) is 11.5 Å². The van der Waals surface area contributed by atoms with Crippen LogP contribution < -0.4 is 0 Å². The van der Waals surface area contributed by atoms with Gasteiger partial charge in [0, 0.05) is 0 Å². The van der Waals surface area contributed by atoms with Crippen LogP contribution in [0, 0.1) is 0 Å². The monoisotopic (exact) mass is 238 g/mol. The van der Waals surface area contributed by atoms with E-state index in [1.807, 2.05) is 0 Å². The van der Waals surface area contributed by atoms with E-state index in [1.165, 1.54) is 0 Å². The fourth-order valence-electron chi connectivity index (χ4n) is 0.504. The maximum absolute atomic E-state index is 10.4. The van der Waals surface area contributed by atoms with Gasteiger partial charge in [0.25, 0.3) is 11.5 Å². The number of aliphatic hydroxyl groups is 4. The molecule has 0 aliphatic rings. The average Bonchev–Trinajstić information content (AvgIpc) is 2.32. The fraction of sp³-hybridized carbons (Fsp3) is 0. The van der Waals surface area contributed by atoms with Crippen LogP contribution in [0.2, 0.25) is 0 Å². The highest BCUT2D eigenvalue weighted by molar-refractivity contribution is 5.89. The van der Waals surface area contributed by atoms with Crippen LogP contribution >= 0.6 is 0 Å². The Balaban J connectivity index is 5.35. The number of carbonyl (C=O) groups excluding carboxylic acids is 2. The van der Waals surface area contributed by atoms with Crippen LogP contribution in [0.5, 0.6) is 0 Å². The van der Waals surface area contributed by atoms with E-state index in [4.69, 9.17) is 30.9 Å². The van der Waals surface area contributed by atoms with Crippen molar-refractivity contribution in [2.75, 3.05) is 0 Å². The molecule has 16 heavy (non-hydrogen) atoms. The van der Waals surface area contributed by atoms with E-state index < -0.39 is 35.0 Å². The maximum atomic E-state index is 10.4. The van der Waals surface area contributed by atoms with E-state index in [2.05, 4.69) is 9.78 Å². The van der Waals surface area contributed by atoms with Crippen molar-refractivity contribution in [3.8, 4) is 0 Å². The van der Waals surface area contributed by atoms with Crippen molar-refractivity contribution in [2.24, 2.45) is 0 Å². The van der Waals surface area contributed by atoms with Gasteiger partial charge in [-0.15, -0.1) is 0 Å². The van der Waals surface area contributed by atoms with Gasteiger partial charge < -0.3 is 20.4 Å². The quantitative estimate of drug-likeness (QED) is 0.125. The minimum Gasteiger partial charge on any atom is -0.501 e. The van der Waals surface area contributed by atoms with Gasteiger partial charge in [0.15, 0.2) is 0 Å². The summed E-state index contributed by atoms with van der Waals surface area (Å²) in [7, 11) is 0. The molecule has 10 heteroatoms. The second-order valence-electron chi connectivity index (χ2n) is 2.15. The molecule has 0 rings (SSSR count). The van der Waals surface area contributed by atoms with Crippen LogP contribution in [-0.4, -0.2) is 42.9 Å². The molecule has 0 saturated carbocycles. The third-order valence-corrected chi connectivity index (χ3v) is 1.23. The molecule has 0 spiro atoms. The van der Waals surface area contributed by atoms with E-state index in [0.29, 0.717) is 0 Å². The topological polar surface area (TPSA) is 174 Å². The van der Waals surface area contributed by atoms with Crippen LogP contribution in [-0.2, 0) is 19.4 Å². The molecule has 0 aliphatic carbocycles. The lowest BCUT2D eigenvalue weighted by atomic mass is 10.3. The van der Waals surface area contributed by atoms with Crippen molar-refractivity contribution in [3.05, 3.63) is 23.0 Å². The van der Waals surface area contributed by atoms with Gasteiger partial charge in [-0.2, -0.15) is 10.5 Å². The summed E-state index contributed by atoms with van der Waals surface area (Å²) < 4.78 is 0. The third kappa shape index (κ3) is 2.76. The summed E-state index contributed by atoms with van der Waals surface area (Å²) in [5.74, 6) is -10.5. The van der Waals surface area contributed by atoms with Crippen molar-refractivity contribution in [1.29, 1.82) is 0 Å². The summed E-state index contributed by atoms with van der Waals surface area (Å²) >= 11 is 0. The van der Waals surface area contributed by atoms with Gasteiger partial charge in [-0.25, -0.2) is 9.59 Å². The van der Waals surface area contributed by atoms with Gasteiger partial charge in [-0.05, 0) is 0 Å². The standard InChI is InChI=1S/C6H6O10/c7-1(3(9)5(11)15-13)2(8)4(10)6(12)16-14/h7-10,13-14H/b3-1-,4-2+. The van der Waals surface area contributed by atoms with Crippen LogP contribution in [0.25, 0.3) is 0 Å². The van der Waals surface area contributed by atoms with Gasteiger partial charge >= 0.3 is 11.9 Å². The van der Waals surface area contributed by atoms with Crippen LogP contribution in [0.15, 0.2) is 23.0 Å². The lowest BCUT2D eigenvalue weighted by Crippen LogP contribution is -2.13. The highest BCUT2D eigenvalue weighted by Crippen LogP contribution is 2.12. The summed E-state index contributed by atoms with van der Waals surface area (Å²) in [5, 5.41) is 50.8. The lowest BCUT2D eigenvalue weighted by molar-refractivity contribution is -0.233. The number of carbonyl (C=O) groups is 2. The highest BCUT2D eigenvalue weighted by atomic mass is 17.1. The number of rotatable bonds is 3. The first-order valence-corrected chi connectivity index (χ1v) is 3.33. The lowest BCUT2D eigenvalue weighted by Gasteiger charge is -2.02. The SMILES string of the molecule is O=C(OO)/C(O)=C(O)\C(O)=C(/O)C(=O)OO. The zero-order valence-corrected chi connectivity index (χ0v) is 7.32. The Morgan fingerprint density at radius 2 is 0.875 bits per heavy atom. The molecule has 0 fully saturated rings. The maximum Gasteiger partial charge on any atom is 0.410 e. The third-order valence-electron chi connectivity index (χ3n) is 1.23. The van der Waals surface area contributed by atoms with E-state index in [-0.39, 0.29) is 0 Å². The molecule has 10 nitrogen and oxygen atoms in total. The van der Waals surface area contributed by atoms with Gasteiger partial charge in [-0.3, -0.25) is 9.78 Å². The first-order valence-electron chi connectivity index (χ1n) is 3.33. The molecule has 0 aliphatic heterocycles. The molecule has 0 aromatic carbocycles. The smallest absolute Gasteiger partial charge is 0.410 e. The zero-order valence-electron chi connectivity index (χ0n) is 7.32. The predicted molar refractivity (Wildman–Crippen MR) is 42.0 cm³/mol. The molecular formula is C6H6O10. The second-order valence-corrected chi connectivity index (χ2v) is 2.15.